The summed E-state index contributed by atoms with van der Waals surface area (Å²) in [5, 5.41) is 7.63. The predicted molar refractivity (Wildman–Crippen MR) is 67.5 cm³/mol. The van der Waals surface area contributed by atoms with Crippen molar-refractivity contribution in [3.63, 3.8) is 0 Å². The number of carbonyl (C=O) groups excluding carboxylic acids is 2. The molecule has 19 heavy (non-hydrogen) atoms. The number of amides is 3. The summed E-state index contributed by atoms with van der Waals surface area (Å²) in [5.41, 5.74) is -0.726. The zero-order valence-electron chi connectivity index (χ0n) is 10.5. The van der Waals surface area contributed by atoms with Crippen LogP contribution in [0.5, 0.6) is 0 Å². The number of rotatable bonds is 2. The summed E-state index contributed by atoms with van der Waals surface area (Å²) in [5.74, 6) is 0.255. The molecule has 0 atom stereocenters. The van der Waals surface area contributed by atoms with Gasteiger partial charge in [-0.1, -0.05) is 19.3 Å². The van der Waals surface area contributed by atoms with Crippen LogP contribution in [0.25, 0.3) is 0 Å². The summed E-state index contributed by atoms with van der Waals surface area (Å²) in [7, 11) is 0. The molecule has 3 rings (SSSR count). The van der Waals surface area contributed by atoms with Crippen LogP contribution in [0, 0.1) is 0 Å². The van der Waals surface area contributed by atoms with Crippen molar-refractivity contribution in [1.82, 2.24) is 10.3 Å². The molecule has 1 aliphatic heterocycles. The molecule has 1 aromatic heterocycles. The third-order valence-corrected chi connectivity index (χ3v) is 3.69. The van der Waals surface area contributed by atoms with E-state index in [2.05, 4.69) is 10.4 Å². The molecular weight excluding hydrogens is 246 g/mol. The summed E-state index contributed by atoms with van der Waals surface area (Å²) >= 11 is 0. The zero-order valence-corrected chi connectivity index (χ0v) is 10.5. The maximum absolute atomic E-state index is 12.4. The largest absolute Gasteiger partial charge is 0.463 e. The predicted octanol–water partition coefficient (Wildman–Crippen LogP) is 1.87. The lowest BCUT2D eigenvalue weighted by atomic mass is 9.82. The van der Waals surface area contributed by atoms with Gasteiger partial charge in [-0.25, -0.2) is 4.79 Å². The molecule has 3 amide bonds. The van der Waals surface area contributed by atoms with Gasteiger partial charge >= 0.3 is 6.03 Å². The van der Waals surface area contributed by atoms with Crippen LogP contribution < -0.4 is 5.32 Å². The monoisotopic (exact) mass is 261 g/mol. The van der Waals surface area contributed by atoms with Crippen molar-refractivity contribution in [1.29, 1.82) is 0 Å². The van der Waals surface area contributed by atoms with Gasteiger partial charge in [-0.2, -0.15) is 5.10 Å². The first-order valence-electron chi connectivity index (χ1n) is 6.45. The molecule has 1 aromatic rings. The molecule has 6 nitrogen and oxygen atoms in total. The van der Waals surface area contributed by atoms with Gasteiger partial charge in [0.1, 0.15) is 11.3 Å². The fourth-order valence-corrected chi connectivity index (χ4v) is 2.68. The lowest BCUT2D eigenvalue weighted by Crippen LogP contribution is -2.48. The Morgan fingerprint density at radius 2 is 2.11 bits per heavy atom. The summed E-state index contributed by atoms with van der Waals surface area (Å²) in [6.45, 7) is 0. The SMILES string of the molecule is O=C1NC2(CCCCC2)C(=O)N1/N=C/c1ccco1. The molecule has 2 fully saturated rings. The second-order valence-electron chi connectivity index (χ2n) is 4.95. The smallest absolute Gasteiger partial charge is 0.346 e. The van der Waals surface area contributed by atoms with Crippen molar-refractivity contribution in [2.24, 2.45) is 5.10 Å². The highest BCUT2D eigenvalue weighted by Crippen LogP contribution is 2.33. The summed E-state index contributed by atoms with van der Waals surface area (Å²) in [4.78, 5) is 24.2. The van der Waals surface area contributed by atoms with Crippen LogP contribution >= 0.6 is 0 Å². The van der Waals surface area contributed by atoms with Crippen LogP contribution in [0.4, 0.5) is 4.79 Å². The van der Waals surface area contributed by atoms with E-state index in [9.17, 15) is 9.59 Å². The van der Waals surface area contributed by atoms with Crippen LogP contribution in [-0.2, 0) is 4.79 Å². The van der Waals surface area contributed by atoms with Crippen LogP contribution in [0.3, 0.4) is 0 Å². The molecule has 2 heterocycles. The molecule has 1 saturated carbocycles. The summed E-state index contributed by atoms with van der Waals surface area (Å²) in [6.07, 6.45) is 7.31. The number of nitrogens with one attached hydrogen (secondary N) is 1. The van der Waals surface area contributed by atoms with Crippen molar-refractivity contribution < 1.29 is 14.0 Å². The minimum Gasteiger partial charge on any atom is -0.463 e. The number of hydrogen-bond donors (Lipinski definition) is 1. The highest BCUT2D eigenvalue weighted by Gasteiger charge is 2.51. The van der Waals surface area contributed by atoms with Gasteiger partial charge in [0.25, 0.3) is 5.91 Å². The molecule has 0 unspecified atom stereocenters. The van der Waals surface area contributed by atoms with Crippen molar-refractivity contribution >= 4 is 18.2 Å². The molecule has 100 valence electrons. The molecule has 0 radical (unpaired) electrons. The van der Waals surface area contributed by atoms with Gasteiger partial charge in [0.15, 0.2) is 0 Å². The second-order valence-corrected chi connectivity index (χ2v) is 4.95. The Morgan fingerprint density at radius 3 is 2.79 bits per heavy atom. The van der Waals surface area contributed by atoms with E-state index in [0.717, 1.165) is 24.3 Å². The minimum atomic E-state index is -0.726. The molecule has 0 aromatic carbocycles. The minimum absolute atomic E-state index is 0.250. The standard InChI is InChI=1S/C13H15N3O3/c17-11-13(6-2-1-3-7-13)15-12(18)16(11)14-9-10-5-4-8-19-10/h4-5,8-9H,1-3,6-7H2,(H,15,18)/b14-9+. The Kier molecular flexibility index (Phi) is 2.85. The average molecular weight is 261 g/mol. The lowest BCUT2D eigenvalue weighted by Gasteiger charge is -2.29. The Balaban J connectivity index is 1.79. The van der Waals surface area contributed by atoms with Gasteiger partial charge in [0.05, 0.1) is 12.5 Å². The fraction of sp³-hybridized carbons (Fsp3) is 0.462. The van der Waals surface area contributed by atoms with E-state index in [-0.39, 0.29) is 5.91 Å². The van der Waals surface area contributed by atoms with E-state index in [0.29, 0.717) is 18.6 Å². The number of carbonyl (C=O) groups is 2. The maximum atomic E-state index is 12.4. The number of hydrogen-bond acceptors (Lipinski definition) is 4. The number of imide groups is 1. The average Bonchev–Trinajstić information content (AvgIpc) is 2.99. The first kappa shape index (κ1) is 12.0. The van der Waals surface area contributed by atoms with Crippen LogP contribution in [0.2, 0.25) is 0 Å². The Bertz CT molecular complexity index is 515. The Morgan fingerprint density at radius 1 is 1.32 bits per heavy atom. The lowest BCUT2D eigenvalue weighted by molar-refractivity contribution is -0.132. The summed E-state index contributed by atoms with van der Waals surface area (Å²) < 4.78 is 5.08. The summed E-state index contributed by atoms with van der Waals surface area (Å²) in [6, 6.07) is 2.98. The number of furan rings is 1. The normalized spacial score (nSPS) is 22.4. The van der Waals surface area contributed by atoms with Gasteiger partial charge < -0.3 is 9.73 Å². The molecule has 0 bridgehead atoms. The first-order valence-corrected chi connectivity index (χ1v) is 6.45. The zero-order chi connectivity index (χ0) is 13.3. The molecular formula is C13H15N3O3. The maximum Gasteiger partial charge on any atom is 0.346 e. The highest BCUT2D eigenvalue weighted by atomic mass is 16.3. The molecule has 1 N–H and O–H groups in total. The highest BCUT2D eigenvalue weighted by molar-refractivity contribution is 6.07. The van der Waals surface area contributed by atoms with Gasteiger partial charge in [-0.15, -0.1) is 5.01 Å². The first-order chi connectivity index (χ1) is 9.21. The van der Waals surface area contributed by atoms with E-state index < -0.39 is 11.6 Å². The van der Waals surface area contributed by atoms with Gasteiger partial charge in [0, 0.05) is 0 Å². The van der Waals surface area contributed by atoms with E-state index in [4.69, 9.17) is 4.42 Å². The number of nitrogens with zero attached hydrogens (tertiary/aromatic N) is 2. The number of hydrazone groups is 1. The molecule has 1 aliphatic carbocycles. The Labute approximate surface area is 110 Å². The van der Waals surface area contributed by atoms with E-state index in [1.54, 1.807) is 12.1 Å². The van der Waals surface area contributed by atoms with Crippen molar-refractivity contribution in [3.8, 4) is 0 Å². The van der Waals surface area contributed by atoms with E-state index in [1.165, 1.54) is 12.5 Å². The third-order valence-electron chi connectivity index (χ3n) is 3.69. The van der Waals surface area contributed by atoms with Gasteiger partial charge in [-0.3, -0.25) is 4.79 Å². The van der Waals surface area contributed by atoms with Gasteiger partial charge in [-0.05, 0) is 25.0 Å². The topological polar surface area (TPSA) is 74.9 Å². The van der Waals surface area contributed by atoms with Crippen LogP contribution in [0.1, 0.15) is 37.9 Å². The van der Waals surface area contributed by atoms with Gasteiger partial charge in [0.2, 0.25) is 0 Å². The Hall–Kier alpha value is -2.11. The van der Waals surface area contributed by atoms with E-state index >= 15 is 0 Å². The second kappa shape index (κ2) is 4.53. The van der Waals surface area contributed by atoms with E-state index in [1.807, 2.05) is 0 Å². The molecule has 2 aliphatic rings. The van der Waals surface area contributed by atoms with Crippen molar-refractivity contribution in [2.75, 3.05) is 0 Å². The molecule has 1 spiro atoms. The molecule has 1 saturated heterocycles. The van der Waals surface area contributed by atoms with Crippen molar-refractivity contribution in [2.45, 2.75) is 37.6 Å². The number of urea groups is 1. The van der Waals surface area contributed by atoms with Crippen LogP contribution in [0.15, 0.2) is 27.9 Å². The third kappa shape index (κ3) is 2.03. The molecule has 6 heteroatoms. The van der Waals surface area contributed by atoms with Crippen LogP contribution in [-0.4, -0.2) is 28.7 Å². The quantitative estimate of drug-likeness (QED) is 0.652. The van der Waals surface area contributed by atoms with Crippen molar-refractivity contribution in [3.05, 3.63) is 24.2 Å². The fourth-order valence-electron chi connectivity index (χ4n) is 2.68.